The Morgan fingerprint density at radius 2 is 2.00 bits per heavy atom. The topological polar surface area (TPSA) is 29.1 Å². The molecule has 1 amide bonds. The number of fused-ring (bicyclic) bond motifs is 1. The Morgan fingerprint density at radius 1 is 1.24 bits per heavy atom. The summed E-state index contributed by atoms with van der Waals surface area (Å²) in [5, 5.41) is 2.49. The van der Waals surface area contributed by atoms with Crippen LogP contribution in [0.5, 0.6) is 0 Å². The Labute approximate surface area is 119 Å². The molecule has 1 aromatic rings. The molecule has 21 heavy (non-hydrogen) atoms. The van der Waals surface area contributed by atoms with Crippen LogP contribution in [0.25, 0.3) is 0 Å². The average Bonchev–Trinajstić information content (AvgIpc) is 2.72. The van der Waals surface area contributed by atoms with Crippen LogP contribution in [0.2, 0.25) is 0 Å². The number of halogens is 4. The number of anilines is 1. The van der Waals surface area contributed by atoms with Crippen LogP contribution in [0.15, 0.2) is 18.2 Å². The highest BCUT2D eigenvalue weighted by Crippen LogP contribution is 2.51. The van der Waals surface area contributed by atoms with Crippen molar-refractivity contribution in [2.45, 2.75) is 31.9 Å². The number of carbonyl (C=O) groups is 1. The van der Waals surface area contributed by atoms with Gasteiger partial charge in [-0.05, 0) is 42.9 Å². The number of alkyl halides is 3. The van der Waals surface area contributed by atoms with E-state index < -0.39 is 17.6 Å². The Hall–Kier alpha value is -1.59. The molecule has 2 saturated carbocycles. The highest BCUT2D eigenvalue weighted by Gasteiger charge is 2.47. The first-order chi connectivity index (χ1) is 9.86. The van der Waals surface area contributed by atoms with Gasteiger partial charge in [-0.2, -0.15) is 13.2 Å². The van der Waals surface area contributed by atoms with E-state index in [0.717, 1.165) is 37.8 Å². The quantitative estimate of drug-likeness (QED) is 0.814. The first-order valence-electron chi connectivity index (χ1n) is 7.04. The number of carbonyl (C=O) groups excluding carboxylic acids is 1. The molecule has 0 heterocycles. The molecule has 3 unspecified atom stereocenters. The molecule has 3 rings (SSSR count). The third kappa shape index (κ3) is 2.63. The van der Waals surface area contributed by atoms with Crippen LogP contribution >= 0.6 is 0 Å². The molecular formula is C15H15F4NO. The maximum Gasteiger partial charge on any atom is 0.419 e. The number of rotatable bonds is 2. The molecule has 1 aromatic carbocycles. The van der Waals surface area contributed by atoms with E-state index in [1.807, 2.05) is 0 Å². The molecule has 2 aliphatic carbocycles. The van der Waals surface area contributed by atoms with Gasteiger partial charge in [-0.25, -0.2) is 4.39 Å². The van der Waals surface area contributed by atoms with Crippen LogP contribution in [0.3, 0.4) is 0 Å². The number of hydrogen-bond donors (Lipinski definition) is 1. The minimum Gasteiger partial charge on any atom is -0.326 e. The maximum absolute atomic E-state index is 13.2. The smallest absolute Gasteiger partial charge is 0.326 e. The zero-order valence-corrected chi connectivity index (χ0v) is 11.2. The Morgan fingerprint density at radius 3 is 2.67 bits per heavy atom. The predicted octanol–water partition coefficient (Wildman–Crippen LogP) is 4.22. The molecule has 2 aliphatic rings. The molecule has 0 bridgehead atoms. The van der Waals surface area contributed by atoms with Crippen LogP contribution in [0, 0.1) is 23.6 Å². The average molecular weight is 301 g/mol. The van der Waals surface area contributed by atoms with E-state index in [2.05, 4.69) is 5.32 Å². The SMILES string of the molecule is O=C(Nc1ccc(F)c(C(F)(F)F)c1)C1CC2CCCC21. The van der Waals surface area contributed by atoms with Crippen LogP contribution in [0.4, 0.5) is 23.2 Å². The summed E-state index contributed by atoms with van der Waals surface area (Å²) in [6, 6.07) is 2.54. The zero-order chi connectivity index (χ0) is 15.2. The monoisotopic (exact) mass is 301 g/mol. The molecule has 0 spiro atoms. The normalized spacial score (nSPS) is 27.9. The van der Waals surface area contributed by atoms with Gasteiger partial charge in [-0.1, -0.05) is 12.8 Å². The predicted molar refractivity (Wildman–Crippen MR) is 69.0 cm³/mol. The minimum absolute atomic E-state index is 0.00447. The van der Waals surface area contributed by atoms with E-state index in [0.29, 0.717) is 17.9 Å². The fourth-order valence-corrected chi connectivity index (χ4v) is 3.55. The Kier molecular flexibility index (Phi) is 3.42. The summed E-state index contributed by atoms with van der Waals surface area (Å²) in [6.07, 6.45) is -0.682. The second-order valence-electron chi connectivity index (χ2n) is 5.88. The number of hydrogen-bond acceptors (Lipinski definition) is 1. The van der Waals surface area contributed by atoms with Gasteiger partial charge in [0.15, 0.2) is 0 Å². The summed E-state index contributed by atoms with van der Waals surface area (Å²) in [6.45, 7) is 0. The van der Waals surface area contributed by atoms with Crippen LogP contribution in [-0.2, 0) is 11.0 Å². The number of amides is 1. The summed E-state index contributed by atoms with van der Waals surface area (Å²) in [5.74, 6) is -0.734. The van der Waals surface area contributed by atoms with Crippen molar-refractivity contribution in [1.82, 2.24) is 0 Å². The van der Waals surface area contributed by atoms with Crippen molar-refractivity contribution in [2.75, 3.05) is 5.32 Å². The van der Waals surface area contributed by atoms with Crippen LogP contribution < -0.4 is 5.32 Å². The van der Waals surface area contributed by atoms with Gasteiger partial charge >= 0.3 is 6.18 Å². The summed E-state index contributed by atoms with van der Waals surface area (Å²) in [7, 11) is 0. The van der Waals surface area contributed by atoms with Gasteiger partial charge in [0.1, 0.15) is 5.82 Å². The summed E-state index contributed by atoms with van der Waals surface area (Å²) in [4.78, 5) is 12.1. The van der Waals surface area contributed by atoms with E-state index in [1.54, 1.807) is 0 Å². The van der Waals surface area contributed by atoms with Crippen molar-refractivity contribution in [3.8, 4) is 0 Å². The van der Waals surface area contributed by atoms with E-state index in [4.69, 9.17) is 0 Å². The first kappa shape index (κ1) is 14.4. The van der Waals surface area contributed by atoms with Crippen molar-refractivity contribution in [3.63, 3.8) is 0 Å². The van der Waals surface area contributed by atoms with Gasteiger partial charge in [-0.3, -0.25) is 4.79 Å². The number of benzene rings is 1. The summed E-state index contributed by atoms with van der Waals surface area (Å²) >= 11 is 0. The van der Waals surface area contributed by atoms with E-state index in [-0.39, 0.29) is 17.5 Å². The molecule has 0 saturated heterocycles. The van der Waals surface area contributed by atoms with Gasteiger partial charge < -0.3 is 5.32 Å². The van der Waals surface area contributed by atoms with Gasteiger partial charge in [0, 0.05) is 11.6 Å². The fraction of sp³-hybridized carbons (Fsp3) is 0.533. The molecule has 0 radical (unpaired) electrons. The highest BCUT2D eigenvalue weighted by molar-refractivity contribution is 5.93. The van der Waals surface area contributed by atoms with Crippen molar-refractivity contribution >= 4 is 11.6 Å². The second-order valence-corrected chi connectivity index (χ2v) is 5.88. The van der Waals surface area contributed by atoms with E-state index >= 15 is 0 Å². The standard InChI is InChI=1S/C15H15F4NO/c16-13-5-4-9(7-12(13)15(17,18)19)20-14(21)11-6-8-2-1-3-10(8)11/h4-5,7-8,10-11H,1-3,6H2,(H,20,21). The van der Waals surface area contributed by atoms with Gasteiger partial charge in [0.25, 0.3) is 0 Å². The lowest BCUT2D eigenvalue weighted by Crippen LogP contribution is -2.41. The molecule has 0 aliphatic heterocycles. The number of nitrogens with one attached hydrogen (secondary N) is 1. The minimum atomic E-state index is -4.77. The van der Waals surface area contributed by atoms with Crippen LogP contribution in [-0.4, -0.2) is 5.91 Å². The highest BCUT2D eigenvalue weighted by atomic mass is 19.4. The lowest BCUT2D eigenvalue weighted by Gasteiger charge is -2.39. The summed E-state index contributed by atoms with van der Waals surface area (Å²) in [5.41, 5.74) is -1.36. The molecule has 3 atom stereocenters. The lowest BCUT2D eigenvalue weighted by atomic mass is 9.66. The molecule has 2 fully saturated rings. The third-order valence-corrected chi connectivity index (χ3v) is 4.67. The first-order valence-corrected chi connectivity index (χ1v) is 7.04. The second kappa shape index (κ2) is 5.00. The van der Waals surface area contributed by atoms with Crippen molar-refractivity contribution < 1.29 is 22.4 Å². The maximum atomic E-state index is 13.2. The Bertz CT molecular complexity index is 569. The van der Waals surface area contributed by atoms with Crippen LogP contribution in [0.1, 0.15) is 31.2 Å². The van der Waals surface area contributed by atoms with E-state index in [1.165, 1.54) is 0 Å². The molecule has 6 heteroatoms. The van der Waals surface area contributed by atoms with Crippen molar-refractivity contribution in [2.24, 2.45) is 17.8 Å². The summed E-state index contributed by atoms with van der Waals surface area (Å²) < 4.78 is 51.1. The molecule has 1 N–H and O–H groups in total. The fourth-order valence-electron chi connectivity index (χ4n) is 3.55. The lowest BCUT2D eigenvalue weighted by molar-refractivity contribution is -0.140. The van der Waals surface area contributed by atoms with Crippen molar-refractivity contribution in [3.05, 3.63) is 29.6 Å². The van der Waals surface area contributed by atoms with Gasteiger partial charge in [0.2, 0.25) is 5.91 Å². The third-order valence-electron chi connectivity index (χ3n) is 4.67. The molecule has 114 valence electrons. The molecule has 2 nitrogen and oxygen atoms in total. The van der Waals surface area contributed by atoms with Crippen molar-refractivity contribution in [1.29, 1.82) is 0 Å². The molecule has 0 aromatic heterocycles. The van der Waals surface area contributed by atoms with E-state index in [9.17, 15) is 22.4 Å². The largest absolute Gasteiger partial charge is 0.419 e. The Balaban J connectivity index is 1.72. The van der Waals surface area contributed by atoms with Gasteiger partial charge in [0.05, 0.1) is 5.56 Å². The van der Waals surface area contributed by atoms with Gasteiger partial charge in [-0.15, -0.1) is 0 Å². The zero-order valence-electron chi connectivity index (χ0n) is 11.2. The molecular weight excluding hydrogens is 286 g/mol.